The second kappa shape index (κ2) is 11.0. The quantitative estimate of drug-likeness (QED) is 0.193. The van der Waals surface area contributed by atoms with Gasteiger partial charge in [-0.1, -0.05) is 67.2 Å². The van der Waals surface area contributed by atoms with Gasteiger partial charge in [0, 0.05) is 11.1 Å². The van der Waals surface area contributed by atoms with E-state index in [4.69, 9.17) is 9.72 Å². The van der Waals surface area contributed by atoms with Gasteiger partial charge >= 0.3 is 0 Å². The van der Waals surface area contributed by atoms with Crippen molar-refractivity contribution in [1.82, 2.24) is 19.7 Å². The number of thiophene rings is 1. The number of rotatable bonds is 10. The van der Waals surface area contributed by atoms with Crippen molar-refractivity contribution in [3.8, 4) is 15.6 Å². The van der Waals surface area contributed by atoms with Crippen molar-refractivity contribution in [2.45, 2.75) is 37.4 Å². The number of aryl methyl sites for hydroxylation is 1. The van der Waals surface area contributed by atoms with E-state index in [1.54, 1.807) is 34.4 Å². The Morgan fingerprint density at radius 1 is 0.912 bits per heavy atom. The van der Waals surface area contributed by atoms with Crippen molar-refractivity contribution in [2.75, 3.05) is 0 Å². The van der Waals surface area contributed by atoms with E-state index in [2.05, 4.69) is 81.0 Å². The van der Waals surface area contributed by atoms with Crippen LogP contribution in [0.25, 0.3) is 9.88 Å². The van der Waals surface area contributed by atoms with Crippen LogP contribution in [-0.2, 0) is 25.3 Å². The number of thioether (sulfide) groups is 1. The van der Waals surface area contributed by atoms with Crippen molar-refractivity contribution < 1.29 is 4.74 Å². The highest BCUT2D eigenvalue weighted by Crippen LogP contribution is 2.30. The normalized spacial score (nSPS) is 11.1. The van der Waals surface area contributed by atoms with Gasteiger partial charge in [0.05, 0.1) is 17.1 Å². The first-order valence-corrected chi connectivity index (χ1v) is 13.8. The van der Waals surface area contributed by atoms with Crippen LogP contribution >= 0.6 is 34.4 Å². The average Bonchev–Trinajstić information content (AvgIpc) is 3.64. The van der Waals surface area contributed by atoms with E-state index in [1.807, 2.05) is 18.2 Å². The van der Waals surface area contributed by atoms with Crippen LogP contribution in [0.3, 0.4) is 0 Å². The van der Waals surface area contributed by atoms with Crippen LogP contribution in [0.4, 0.5) is 0 Å². The number of nitrogens with zero attached hydrogens (tertiary/aromatic N) is 4. The van der Waals surface area contributed by atoms with Crippen LogP contribution < -0.4 is 4.74 Å². The molecule has 0 radical (unpaired) electrons. The minimum Gasteiger partial charge on any atom is -0.486 e. The van der Waals surface area contributed by atoms with Crippen molar-refractivity contribution in [1.29, 1.82) is 0 Å². The molecule has 0 amide bonds. The molecular formula is C26H24N4OS3. The van der Waals surface area contributed by atoms with Crippen molar-refractivity contribution in [3.05, 3.63) is 100 Å². The lowest BCUT2D eigenvalue weighted by Crippen LogP contribution is -2.09. The lowest BCUT2D eigenvalue weighted by atomic mass is 10.2. The van der Waals surface area contributed by atoms with Crippen LogP contribution in [0.1, 0.15) is 29.6 Å². The third-order valence-electron chi connectivity index (χ3n) is 5.31. The van der Waals surface area contributed by atoms with Crippen LogP contribution in [0.2, 0.25) is 0 Å². The van der Waals surface area contributed by atoms with Crippen LogP contribution in [-0.4, -0.2) is 19.7 Å². The van der Waals surface area contributed by atoms with Gasteiger partial charge in [0.1, 0.15) is 17.4 Å². The molecule has 3 aromatic heterocycles. The molecule has 5 rings (SSSR count). The fraction of sp³-hybridized carbons (Fsp3) is 0.192. The van der Waals surface area contributed by atoms with Gasteiger partial charge in [0.25, 0.3) is 0 Å². The summed E-state index contributed by atoms with van der Waals surface area (Å²) in [5, 5.41) is 15.1. The van der Waals surface area contributed by atoms with E-state index in [1.165, 1.54) is 16.0 Å². The molecule has 0 fully saturated rings. The van der Waals surface area contributed by atoms with E-state index in [0.717, 1.165) is 39.6 Å². The summed E-state index contributed by atoms with van der Waals surface area (Å²) < 4.78 is 8.19. The molecule has 5 aromatic rings. The molecule has 2 aromatic carbocycles. The highest BCUT2D eigenvalue weighted by atomic mass is 32.2. The molecule has 172 valence electrons. The second-order valence-electron chi connectivity index (χ2n) is 7.67. The fourth-order valence-corrected chi connectivity index (χ4v) is 6.04. The Morgan fingerprint density at radius 3 is 2.53 bits per heavy atom. The van der Waals surface area contributed by atoms with Gasteiger partial charge in [-0.05, 0) is 41.1 Å². The zero-order valence-electron chi connectivity index (χ0n) is 18.8. The van der Waals surface area contributed by atoms with Crippen LogP contribution in [0, 0.1) is 0 Å². The molecular weight excluding hydrogens is 481 g/mol. The van der Waals surface area contributed by atoms with Crippen LogP contribution in [0.15, 0.2) is 82.6 Å². The van der Waals surface area contributed by atoms with E-state index < -0.39 is 0 Å². The zero-order chi connectivity index (χ0) is 23.2. The Bertz CT molecular complexity index is 1310. The number of thiazole rings is 1. The van der Waals surface area contributed by atoms with Gasteiger partial charge in [-0.25, -0.2) is 4.98 Å². The molecule has 0 saturated carbocycles. The maximum absolute atomic E-state index is 6.05. The average molecular weight is 505 g/mol. The van der Waals surface area contributed by atoms with Gasteiger partial charge in [0.2, 0.25) is 0 Å². The van der Waals surface area contributed by atoms with Crippen molar-refractivity contribution in [2.24, 2.45) is 0 Å². The van der Waals surface area contributed by atoms with Gasteiger partial charge in [-0.2, -0.15) is 0 Å². The standard InChI is InChI=1S/C26H24N4OS3/c1-2-19-10-12-22(13-11-19)31-16-24-28-29-26(30(24)15-20-7-4-3-5-8-20)34-18-21-17-33-25(27-21)23-9-6-14-32-23/h3-14,17H,2,15-16,18H2,1H3. The summed E-state index contributed by atoms with van der Waals surface area (Å²) in [4.78, 5) is 6.01. The molecule has 0 aliphatic heterocycles. The van der Waals surface area contributed by atoms with Gasteiger partial charge in [-0.15, -0.1) is 32.9 Å². The van der Waals surface area contributed by atoms with E-state index in [9.17, 15) is 0 Å². The minimum absolute atomic E-state index is 0.366. The number of ether oxygens (including phenoxy) is 1. The van der Waals surface area contributed by atoms with Gasteiger partial charge in [0.15, 0.2) is 11.0 Å². The molecule has 8 heteroatoms. The smallest absolute Gasteiger partial charge is 0.192 e. The molecule has 0 N–H and O–H groups in total. The SMILES string of the molecule is CCc1ccc(OCc2nnc(SCc3csc(-c4cccs4)n3)n2Cc2ccccc2)cc1. The van der Waals surface area contributed by atoms with E-state index >= 15 is 0 Å². The second-order valence-corrected chi connectivity index (χ2v) is 10.4. The molecule has 0 aliphatic carbocycles. The summed E-state index contributed by atoms with van der Waals surface area (Å²) in [6.07, 6.45) is 1.01. The molecule has 0 atom stereocenters. The number of aromatic nitrogens is 4. The predicted molar refractivity (Wildman–Crippen MR) is 141 cm³/mol. The summed E-state index contributed by atoms with van der Waals surface area (Å²) in [5.41, 5.74) is 3.55. The first kappa shape index (κ1) is 22.8. The molecule has 0 unspecified atom stereocenters. The highest BCUT2D eigenvalue weighted by molar-refractivity contribution is 7.98. The molecule has 0 aliphatic rings. The van der Waals surface area contributed by atoms with Crippen molar-refractivity contribution in [3.63, 3.8) is 0 Å². The number of benzene rings is 2. The molecule has 0 saturated heterocycles. The maximum atomic E-state index is 6.05. The highest BCUT2D eigenvalue weighted by Gasteiger charge is 2.15. The Morgan fingerprint density at radius 2 is 1.76 bits per heavy atom. The third-order valence-corrected chi connectivity index (χ3v) is 8.24. The van der Waals surface area contributed by atoms with Crippen molar-refractivity contribution >= 4 is 34.4 Å². The first-order valence-electron chi connectivity index (χ1n) is 11.1. The molecule has 0 bridgehead atoms. The lowest BCUT2D eigenvalue weighted by molar-refractivity contribution is 0.289. The Hall–Kier alpha value is -2.94. The first-order chi connectivity index (χ1) is 16.8. The molecule has 5 nitrogen and oxygen atoms in total. The van der Waals surface area contributed by atoms with E-state index in [0.29, 0.717) is 13.2 Å². The largest absolute Gasteiger partial charge is 0.486 e. The summed E-state index contributed by atoms with van der Waals surface area (Å²) in [6.45, 7) is 3.21. The molecule has 34 heavy (non-hydrogen) atoms. The van der Waals surface area contributed by atoms with E-state index in [-0.39, 0.29) is 0 Å². The Labute approximate surface area is 211 Å². The number of hydrogen-bond donors (Lipinski definition) is 0. The summed E-state index contributed by atoms with van der Waals surface area (Å²) in [7, 11) is 0. The predicted octanol–water partition coefficient (Wildman–Crippen LogP) is 6.95. The van der Waals surface area contributed by atoms with Gasteiger partial charge < -0.3 is 4.74 Å². The Kier molecular flexibility index (Phi) is 7.38. The molecule has 0 spiro atoms. The third kappa shape index (κ3) is 5.58. The fourth-order valence-electron chi connectivity index (χ4n) is 3.45. The summed E-state index contributed by atoms with van der Waals surface area (Å²) in [5.74, 6) is 2.39. The van der Waals surface area contributed by atoms with Crippen LogP contribution in [0.5, 0.6) is 5.75 Å². The summed E-state index contributed by atoms with van der Waals surface area (Å²) in [6, 6.07) is 22.8. The minimum atomic E-state index is 0.366. The topological polar surface area (TPSA) is 52.8 Å². The molecule has 3 heterocycles. The lowest BCUT2D eigenvalue weighted by Gasteiger charge is -2.11. The zero-order valence-corrected chi connectivity index (χ0v) is 21.2. The summed E-state index contributed by atoms with van der Waals surface area (Å²) >= 11 is 5.06. The van der Waals surface area contributed by atoms with Gasteiger partial charge in [-0.3, -0.25) is 4.57 Å². The Balaban J connectivity index is 1.32. The number of hydrogen-bond acceptors (Lipinski definition) is 7. The maximum Gasteiger partial charge on any atom is 0.192 e. The monoisotopic (exact) mass is 504 g/mol.